The van der Waals surface area contributed by atoms with Crippen LogP contribution in [-0.4, -0.2) is 24.7 Å². The fourth-order valence-electron chi connectivity index (χ4n) is 1.95. The van der Waals surface area contributed by atoms with Gasteiger partial charge in [-0.1, -0.05) is 0 Å². The Labute approximate surface area is 134 Å². The minimum absolute atomic E-state index is 0.0700. The van der Waals surface area contributed by atoms with E-state index in [1.807, 2.05) is 26.0 Å². The van der Waals surface area contributed by atoms with E-state index in [-0.39, 0.29) is 5.78 Å². The van der Waals surface area contributed by atoms with Crippen LogP contribution in [0.2, 0.25) is 0 Å². The summed E-state index contributed by atoms with van der Waals surface area (Å²) in [5.41, 5.74) is 0.638. The third kappa shape index (κ3) is 4.56. The van der Waals surface area contributed by atoms with Crippen molar-refractivity contribution in [2.45, 2.75) is 19.6 Å². The zero-order valence-electron chi connectivity index (χ0n) is 12.8. The van der Waals surface area contributed by atoms with Gasteiger partial charge in [-0.15, -0.1) is 11.8 Å². The Hall–Kier alpha value is -1.88. The molecule has 0 bridgehead atoms. The summed E-state index contributed by atoms with van der Waals surface area (Å²) in [5.74, 6) is 3.32. The number of furan rings is 1. The first kappa shape index (κ1) is 16.5. The van der Waals surface area contributed by atoms with Gasteiger partial charge in [0.2, 0.25) is 0 Å². The van der Waals surface area contributed by atoms with Crippen LogP contribution in [0.5, 0.6) is 11.5 Å². The van der Waals surface area contributed by atoms with Crippen molar-refractivity contribution in [2.24, 2.45) is 0 Å². The lowest BCUT2D eigenvalue weighted by atomic mass is 10.1. The second-order valence-electron chi connectivity index (χ2n) is 4.52. The molecule has 0 radical (unpaired) electrons. The Morgan fingerprint density at radius 2 is 1.91 bits per heavy atom. The van der Waals surface area contributed by atoms with E-state index in [1.54, 1.807) is 24.5 Å². The summed E-state index contributed by atoms with van der Waals surface area (Å²) in [7, 11) is 0. The molecule has 5 heteroatoms. The largest absolute Gasteiger partial charge is 0.490 e. The van der Waals surface area contributed by atoms with Crippen molar-refractivity contribution in [3.63, 3.8) is 0 Å². The van der Waals surface area contributed by atoms with Crippen molar-refractivity contribution in [2.75, 3.05) is 19.0 Å². The van der Waals surface area contributed by atoms with E-state index in [2.05, 4.69) is 0 Å². The molecule has 0 amide bonds. The van der Waals surface area contributed by atoms with E-state index in [0.29, 0.717) is 41.8 Å². The van der Waals surface area contributed by atoms with Gasteiger partial charge in [-0.05, 0) is 44.2 Å². The number of benzene rings is 1. The van der Waals surface area contributed by atoms with Crippen molar-refractivity contribution >= 4 is 17.5 Å². The molecule has 1 aromatic carbocycles. The highest BCUT2D eigenvalue weighted by atomic mass is 32.2. The Balaban J connectivity index is 1.97. The summed E-state index contributed by atoms with van der Waals surface area (Å²) in [6.07, 6.45) is 1.64. The molecular weight excluding hydrogens is 300 g/mol. The Morgan fingerprint density at radius 3 is 2.59 bits per heavy atom. The summed E-state index contributed by atoms with van der Waals surface area (Å²) in [6.45, 7) is 4.92. The molecular formula is C17H20O4S. The maximum atomic E-state index is 12.3. The Kier molecular flexibility index (Phi) is 6.40. The smallest absolute Gasteiger partial charge is 0.172 e. The van der Waals surface area contributed by atoms with Gasteiger partial charge in [0.25, 0.3) is 0 Å². The second-order valence-corrected chi connectivity index (χ2v) is 5.51. The van der Waals surface area contributed by atoms with E-state index in [0.717, 1.165) is 5.76 Å². The van der Waals surface area contributed by atoms with Gasteiger partial charge in [-0.2, -0.15) is 0 Å². The molecule has 2 rings (SSSR count). The summed E-state index contributed by atoms with van der Waals surface area (Å²) in [6, 6.07) is 9.08. The molecule has 1 heterocycles. The lowest BCUT2D eigenvalue weighted by Gasteiger charge is -2.12. The van der Waals surface area contributed by atoms with Crippen molar-refractivity contribution < 1.29 is 18.7 Å². The standard InChI is InChI=1S/C17H20O4S/c1-3-19-16-8-7-13(10-17(16)20-4-2)15(18)12-22-11-14-6-5-9-21-14/h5-10H,3-4,11-12H2,1-2H3. The van der Waals surface area contributed by atoms with E-state index < -0.39 is 0 Å². The maximum Gasteiger partial charge on any atom is 0.172 e. The molecule has 0 aliphatic carbocycles. The van der Waals surface area contributed by atoms with Crippen LogP contribution in [0, 0.1) is 0 Å². The van der Waals surface area contributed by atoms with Crippen LogP contribution in [0.15, 0.2) is 41.0 Å². The number of hydrogen-bond acceptors (Lipinski definition) is 5. The first-order valence-corrected chi connectivity index (χ1v) is 8.43. The highest BCUT2D eigenvalue weighted by molar-refractivity contribution is 7.99. The monoisotopic (exact) mass is 320 g/mol. The lowest BCUT2D eigenvalue weighted by Crippen LogP contribution is -2.05. The van der Waals surface area contributed by atoms with Gasteiger partial charge < -0.3 is 13.9 Å². The molecule has 0 unspecified atom stereocenters. The summed E-state index contributed by atoms with van der Waals surface area (Å²) in [5, 5.41) is 0. The van der Waals surface area contributed by atoms with Gasteiger partial charge in [0.15, 0.2) is 17.3 Å². The molecule has 0 aliphatic rings. The quantitative estimate of drug-likeness (QED) is 0.648. The molecule has 0 saturated carbocycles. The molecule has 1 aromatic heterocycles. The van der Waals surface area contributed by atoms with Crippen molar-refractivity contribution in [3.05, 3.63) is 47.9 Å². The number of rotatable bonds is 9. The average Bonchev–Trinajstić information content (AvgIpc) is 3.02. The highest BCUT2D eigenvalue weighted by Gasteiger charge is 2.12. The normalized spacial score (nSPS) is 10.5. The van der Waals surface area contributed by atoms with E-state index in [4.69, 9.17) is 13.9 Å². The maximum absolute atomic E-state index is 12.3. The van der Waals surface area contributed by atoms with Crippen molar-refractivity contribution in [3.8, 4) is 11.5 Å². The highest BCUT2D eigenvalue weighted by Crippen LogP contribution is 2.29. The number of thioether (sulfide) groups is 1. The molecule has 2 aromatic rings. The third-order valence-electron chi connectivity index (χ3n) is 2.92. The van der Waals surface area contributed by atoms with Gasteiger partial charge in [-0.25, -0.2) is 0 Å². The molecule has 0 atom stereocenters. The van der Waals surface area contributed by atoms with Crippen molar-refractivity contribution in [1.82, 2.24) is 0 Å². The van der Waals surface area contributed by atoms with Crippen LogP contribution < -0.4 is 9.47 Å². The number of carbonyl (C=O) groups is 1. The second kappa shape index (κ2) is 8.54. The minimum Gasteiger partial charge on any atom is -0.490 e. The SMILES string of the molecule is CCOc1ccc(C(=O)CSCc2ccco2)cc1OCC. The number of Topliss-reactive ketones (excluding diaryl/α,β-unsaturated/α-hetero) is 1. The molecule has 0 aliphatic heterocycles. The minimum atomic E-state index is 0.0700. The molecule has 0 spiro atoms. The number of carbonyl (C=O) groups excluding carboxylic acids is 1. The predicted molar refractivity (Wildman–Crippen MR) is 88.0 cm³/mol. The van der Waals surface area contributed by atoms with Gasteiger partial charge in [0.05, 0.1) is 31.0 Å². The molecule has 118 valence electrons. The number of hydrogen-bond donors (Lipinski definition) is 0. The van der Waals surface area contributed by atoms with Gasteiger partial charge >= 0.3 is 0 Å². The lowest BCUT2D eigenvalue weighted by molar-refractivity contribution is 0.102. The van der Waals surface area contributed by atoms with E-state index >= 15 is 0 Å². The molecule has 0 fully saturated rings. The van der Waals surface area contributed by atoms with Crippen LogP contribution in [0.25, 0.3) is 0 Å². The van der Waals surface area contributed by atoms with Gasteiger partial charge in [0, 0.05) is 5.56 Å². The van der Waals surface area contributed by atoms with Crippen LogP contribution in [0.1, 0.15) is 30.0 Å². The Bertz CT molecular complexity index is 593. The van der Waals surface area contributed by atoms with Crippen LogP contribution >= 0.6 is 11.8 Å². The zero-order valence-corrected chi connectivity index (χ0v) is 13.7. The molecule has 22 heavy (non-hydrogen) atoms. The van der Waals surface area contributed by atoms with Gasteiger partial charge in [0.1, 0.15) is 5.76 Å². The van der Waals surface area contributed by atoms with Crippen LogP contribution in [0.3, 0.4) is 0 Å². The molecule has 4 nitrogen and oxygen atoms in total. The number of ketones is 1. The summed E-state index contributed by atoms with van der Waals surface area (Å²) in [4.78, 5) is 12.3. The summed E-state index contributed by atoms with van der Waals surface area (Å²) < 4.78 is 16.3. The zero-order chi connectivity index (χ0) is 15.8. The van der Waals surface area contributed by atoms with Crippen molar-refractivity contribution in [1.29, 1.82) is 0 Å². The average molecular weight is 320 g/mol. The van der Waals surface area contributed by atoms with Crippen LogP contribution in [0.4, 0.5) is 0 Å². The first-order chi connectivity index (χ1) is 10.7. The van der Waals surface area contributed by atoms with E-state index in [1.165, 1.54) is 11.8 Å². The van der Waals surface area contributed by atoms with Crippen LogP contribution in [-0.2, 0) is 5.75 Å². The van der Waals surface area contributed by atoms with Gasteiger partial charge in [-0.3, -0.25) is 4.79 Å². The fraction of sp³-hybridized carbons (Fsp3) is 0.353. The fourth-order valence-corrected chi connectivity index (χ4v) is 2.77. The first-order valence-electron chi connectivity index (χ1n) is 7.27. The third-order valence-corrected chi connectivity index (χ3v) is 3.88. The molecule has 0 N–H and O–H groups in total. The summed E-state index contributed by atoms with van der Waals surface area (Å²) >= 11 is 1.53. The topological polar surface area (TPSA) is 48.7 Å². The molecule has 0 saturated heterocycles. The Morgan fingerprint density at radius 1 is 1.14 bits per heavy atom. The predicted octanol–water partition coefficient (Wildman–Crippen LogP) is 4.19. The number of ether oxygens (including phenoxy) is 2. The van der Waals surface area contributed by atoms with E-state index in [9.17, 15) is 4.79 Å².